The van der Waals surface area contributed by atoms with Crippen LogP contribution >= 0.6 is 0 Å². The van der Waals surface area contributed by atoms with Crippen molar-refractivity contribution in [3.05, 3.63) is 35.9 Å². The Labute approximate surface area is 122 Å². The van der Waals surface area contributed by atoms with E-state index in [2.05, 4.69) is 0 Å². The second-order valence-corrected chi connectivity index (χ2v) is 5.89. The van der Waals surface area contributed by atoms with E-state index in [1.165, 1.54) is 0 Å². The largest absolute Gasteiger partial charge is 0.460 e. The number of carbonyl (C=O) groups excluding carboxylic acids is 1. The van der Waals surface area contributed by atoms with Crippen LogP contribution in [0, 0.1) is 0 Å². The molecule has 2 fully saturated rings. The van der Waals surface area contributed by atoms with E-state index in [-0.39, 0.29) is 44.0 Å². The summed E-state index contributed by atoms with van der Waals surface area (Å²) in [6, 6.07) is 8.94. The Bertz CT molecular complexity index is 506. The first-order chi connectivity index (χ1) is 10.1. The summed E-state index contributed by atoms with van der Waals surface area (Å²) in [7, 11) is 0. The van der Waals surface area contributed by atoms with Crippen molar-refractivity contribution in [2.45, 2.75) is 50.3 Å². The zero-order valence-corrected chi connectivity index (χ0v) is 11.8. The third kappa shape index (κ3) is 3.23. The normalized spacial score (nSPS) is 28.1. The van der Waals surface area contributed by atoms with Crippen LogP contribution in [0.2, 0.25) is 0 Å². The number of benzene rings is 1. The number of hydrogen-bond acceptors (Lipinski definition) is 3. The van der Waals surface area contributed by atoms with Gasteiger partial charge < -0.3 is 4.74 Å². The Morgan fingerprint density at radius 3 is 2.81 bits per heavy atom. The maximum atomic E-state index is 13.4. The molecule has 0 spiro atoms. The number of alkyl halides is 2. The maximum Gasteiger partial charge on any atom is 0.323 e. The number of rotatable bonds is 3. The first-order valence-corrected chi connectivity index (χ1v) is 7.39. The number of nitrogens with zero attached hydrogens (tertiary/aromatic N) is 1. The van der Waals surface area contributed by atoms with Gasteiger partial charge in [-0.2, -0.15) is 0 Å². The van der Waals surface area contributed by atoms with Crippen LogP contribution in [0.3, 0.4) is 0 Å². The van der Waals surface area contributed by atoms with Gasteiger partial charge in [-0.25, -0.2) is 8.78 Å². The van der Waals surface area contributed by atoms with Crippen molar-refractivity contribution >= 4 is 5.97 Å². The molecule has 0 N–H and O–H groups in total. The SMILES string of the molecule is O=C(OCc1ccccc1)[C@@H]1CC[C@H]2CC(F)(F)CCN21. The van der Waals surface area contributed by atoms with Crippen molar-refractivity contribution in [3.63, 3.8) is 0 Å². The van der Waals surface area contributed by atoms with E-state index < -0.39 is 5.92 Å². The van der Waals surface area contributed by atoms with E-state index in [4.69, 9.17) is 4.74 Å². The predicted molar refractivity (Wildman–Crippen MR) is 73.9 cm³/mol. The number of carbonyl (C=O) groups is 1. The average molecular weight is 295 g/mol. The molecule has 0 saturated carbocycles. The number of esters is 1. The van der Waals surface area contributed by atoms with Crippen LogP contribution in [0.15, 0.2) is 30.3 Å². The van der Waals surface area contributed by atoms with Gasteiger partial charge >= 0.3 is 5.97 Å². The molecule has 5 heteroatoms. The predicted octanol–water partition coefficient (Wildman–Crippen LogP) is 2.99. The monoisotopic (exact) mass is 295 g/mol. The number of piperidine rings is 1. The minimum absolute atomic E-state index is 0.129. The molecule has 2 heterocycles. The zero-order valence-electron chi connectivity index (χ0n) is 11.8. The summed E-state index contributed by atoms with van der Waals surface area (Å²) >= 11 is 0. The quantitative estimate of drug-likeness (QED) is 0.803. The van der Waals surface area contributed by atoms with E-state index in [1.807, 2.05) is 35.2 Å². The van der Waals surface area contributed by atoms with Gasteiger partial charge in [0.2, 0.25) is 0 Å². The van der Waals surface area contributed by atoms with E-state index in [1.54, 1.807) is 0 Å². The Morgan fingerprint density at radius 1 is 1.29 bits per heavy atom. The highest BCUT2D eigenvalue weighted by Crippen LogP contribution is 2.39. The lowest BCUT2D eigenvalue weighted by Gasteiger charge is -2.36. The molecule has 0 amide bonds. The maximum absolute atomic E-state index is 13.4. The van der Waals surface area contributed by atoms with Crippen LogP contribution in [0.5, 0.6) is 0 Å². The molecular formula is C16H19F2NO2. The number of hydrogen-bond donors (Lipinski definition) is 0. The molecule has 0 bridgehead atoms. The fraction of sp³-hybridized carbons (Fsp3) is 0.562. The van der Waals surface area contributed by atoms with Crippen molar-refractivity contribution in [2.75, 3.05) is 6.54 Å². The highest BCUT2D eigenvalue weighted by Gasteiger charge is 2.47. The third-order valence-electron chi connectivity index (χ3n) is 4.41. The lowest BCUT2D eigenvalue weighted by Crippen LogP contribution is -2.49. The standard InChI is InChI=1S/C16H19F2NO2/c17-16(18)8-9-19-13(10-16)6-7-14(19)15(20)21-11-12-4-2-1-3-5-12/h1-5,13-14H,6-11H2/t13-,14-/m0/s1. The summed E-state index contributed by atoms with van der Waals surface area (Å²) in [6.45, 7) is 0.521. The Hall–Kier alpha value is -1.49. The van der Waals surface area contributed by atoms with E-state index in [0.29, 0.717) is 12.8 Å². The van der Waals surface area contributed by atoms with E-state index >= 15 is 0 Å². The van der Waals surface area contributed by atoms with Crippen molar-refractivity contribution in [2.24, 2.45) is 0 Å². The topological polar surface area (TPSA) is 29.5 Å². The Morgan fingerprint density at radius 2 is 2.05 bits per heavy atom. The van der Waals surface area contributed by atoms with Crippen molar-refractivity contribution in [1.82, 2.24) is 4.90 Å². The minimum Gasteiger partial charge on any atom is -0.460 e. The Balaban J connectivity index is 1.56. The summed E-state index contributed by atoms with van der Waals surface area (Å²) in [5.41, 5.74) is 0.936. The summed E-state index contributed by atoms with van der Waals surface area (Å²) in [5, 5.41) is 0. The van der Waals surface area contributed by atoms with E-state index in [9.17, 15) is 13.6 Å². The molecule has 2 aliphatic rings. The minimum atomic E-state index is -2.58. The van der Waals surface area contributed by atoms with Gasteiger partial charge in [0, 0.05) is 25.4 Å². The molecule has 114 valence electrons. The van der Waals surface area contributed by atoms with Crippen LogP contribution in [0.1, 0.15) is 31.2 Å². The molecule has 3 rings (SSSR count). The fourth-order valence-electron chi connectivity index (χ4n) is 3.31. The summed E-state index contributed by atoms with van der Waals surface area (Å²) in [4.78, 5) is 14.1. The van der Waals surface area contributed by atoms with Gasteiger partial charge in [0.05, 0.1) is 0 Å². The van der Waals surface area contributed by atoms with E-state index in [0.717, 1.165) is 5.56 Å². The van der Waals surface area contributed by atoms with Gasteiger partial charge in [0.1, 0.15) is 12.6 Å². The lowest BCUT2D eigenvalue weighted by atomic mass is 9.99. The molecule has 2 aliphatic heterocycles. The molecule has 1 aromatic rings. The van der Waals surface area contributed by atoms with Gasteiger partial charge in [0.25, 0.3) is 5.92 Å². The zero-order chi connectivity index (χ0) is 14.9. The third-order valence-corrected chi connectivity index (χ3v) is 4.41. The van der Waals surface area contributed by atoms with Gasteiger partial charge in [0.15, 0.2) is 0 Å². The number of halogens is 2. The second-order valence-electron chi connectivity index (χ2n) is 5.89. The van der Waals surface area contributed by atoms with Crippen molar-refractivity contribution in [1.29, 1.82) is 0 Å². The number of fused-ring (bicyclic) bond motifs is 1. The highest BCUT2D eigenvalue weighted by atomic mass is 19.3. The fourth-order valence-corrected chi connectivity index (χ4v) is 3.31. The summed E-state index contributed by atoms with van der Waals surface area (Å²) in [5.74, 6) is -2.86. The molecule has 2 saturated heterocycles. The highest BCUT2D eigenvalue weighted by molar-refractivity contribution is 5.76. The smallest absolute Gasteiger partial charge is 0.323 e. The second kappa shape index (κ2) is 5.72. The van der Waals surface area contributed by atoms with Crippen LogP contribution < -0.4 is 0 Å². The van der Waals surface area contributed by atoms with Gasteiger partial charge in [-0.05, 0) is 18.4 Å². The Kier molecular flexibility index (Phi) is 3.93. The van der Waals surface area contributed by atoms with Crippen molar-refractivity contribution in [3.8, 4) is 0 Å². The number of ether oxygens (including phenoxy) is 1. The van der Waals surface area contributed by atoms with Gasteiger partial charge in [-0.1, -0.05) is 30.3 Å². The molecule has 0 aliphatic carbocycles. The summed E-state index contributed by atoms with van der Waals surface area (Å²) < 4.78 is 32.1. The van der Waals surface area contributed by atoms with Gasteiger partial charge in [-0.15, -0.1) is 0 Å². The molecule has 3 nitrogen and oxygen atoms in total. The first kappa shape index (κ1) is 14.4. The van der Waals surface area contributed by atoms with Crippen molar-refractivity contribution < 1.29 is 18.3 Å². The molecule has 1 aromatic carbocycles. The van der Waals surface area contributed by atoms with Gasteiger partial charge in [-0.3, -0.25) is 9.69 Å². The van der Waals surface area contributed by atoms with Crippen LogP contribution in [0.4, 0.5) is 8.78 Å². The van der Waals surface area contributed by atoms with Crippen LogP contribution in [-0.2, 0) is 16.1 Å². The molecular weight excluding hydrogens is 276 g/mol. The molecule has 0 unspecified atom stereocenters. The molecule has 21 heavy (non-hydrogen) atoms. The average Bonchev–Trinajstić information content (AvgIpc) is 2.87. The first-order valence-electron chi connectivity index (χ1n) is 7.39. The van der Waals surface area contributed by atoms with Crippen LogP contribution in [0.25, 0.3) is 0 Å². The molecule has 2 atom stereocenters. The lowest BCUT2D eigenvalue weighted by molar-refractivity contribution is -0.153. The molecule has 0 aromatic heterocycles. The summed E-state index contributed by atoms with van der Waals surface area (Å²) in [6.07, 6.45) is 0.983. The van der Waals surface area contributed by atoms with Crippen LogP contribution in [-0.4, -0.2) is 35.4 Å². The molecule has 0 radical (unpaired) electrons.